The molecule has 0 heterocycles. The molecule has 8 heteroatoms. The van der Waals surface area contributed by atoms with E-state index in [0.29, 0.717) is 6.61 Å². The number of likely N-dealkylation sites (N-methyl/N-ethyl adjacent to an activating group) is 1. The van der Waals surface area contributed by atoms with E-state index >= 15 is 0 Å². The first-order valence-corrected chi connectivity index (χ1v) is 8.68. The number of nitrogens with one attached hydrogen (secondary N) is 1. The molecule has 0 spiro atoms. The van der Waals surface area contributed by atoms with E-state index in [0.717, 1.165) is 4.31 Å². The fourth-order valence-electron chi connectivity index (χ4n) is 1.78. The summed E-state index contributed by atoms with van der Waals surface area (Å²) in [5.41, 5.74) is 0. The molecule has 1 aromatic carbocycles. The van der Waals surface area contributed by atoms with Crippen LogP contribution in [0, 0.1) is 0 Å². The van der Waals surface area contributed by atoms with E-state index in [2.05, 4.69) is 5.32 Å². The lowest BCUT2D eigenvalue weighted by molar-refractivity contribution is -0.121. The molecule has 124 valence electrons. The van der Waals surface area contributed by atoms with E-state index < -0.39 is 10.0 Å². The highest BCUT2D eigenvalue weighted by molar-refractivity contribution is 7.89. The Labute approximate surface area is 136 Å². The Morgan fingerprint density at radius 1 is 1.41 bits per heavy atom. The second-order valence-electron chi connectivity index (χ2n) is 5.01. The number of nitrogens with zero attached hydrogens (tertiary/aromatic N) is 1. The minimum Gasteiger partial charge on any atom is -0.492 e. The van der Waals surface area contributed by atoms with Crippen LogP contribution in [0.2, 0.25) is 5.02 Å². The van der Waals surface area contributed by atoms with Crippen molar-refractivity contribution in [2.45, 2.75) is 31.7 Å². The largest absolute Gasteiger partial charge is 0.492 e. The first kappa shape index (κ1) is 18.7. The number of sulfonamides is 1. The molecule has 0 radical (unpaired) electrons. The molecule has 0 aromatic heterocycles. The fourth-order valence-corrected chi connectivity index (χ4v) is 3.30. The van der Waals surface area contributed by atoms with E-state index in [-0.39, 0.29) is 34.2 Å². The molecule has 0 saturated heterocycles. The molecule has 0 saturated carbocycles. The predicted molar refractivity (Wildman–Crippen MR) is 85.7 cm³/mol. The van der Waals surface area contributed by atoms with Crippen molar-refractivity contribution in [2.75, 3.05) is 20.2 Å². The zero-order chi connectivity index (χ0) is 16.9. The summed E-state index contributed by atoms with van der Waals surface area (Å²) in [6, 6.07) is 4.31. The molecule has 0 atom stereocenters. The van der Waals surface area contributed by atoms with Gasteiger partial charge in [-0.15, -0.1) is 0 Å². The molecule has 1 amide bonds. The molecule has 22 heavy (non-hydrogen) atoms. The van der Waals surface area contributed by atoms with Gasteiger partial charge in [0.05, 0.1) is 13.2 Å². The van der Waals surface area contributed by atoms with Crippen LogP contribution in [-0.2, 0) is 14.8 Å². The maximum atomic E-state index is 12.6. The molecule has 0 aliphatic heterocycles. The second kappa shape index (κ2) is 7.80. The fraction of sp³-hybridized carbons (Fsp3) is 0.500. The lowest BCUT2D eigenvalue weighted by atomic mass is 10.3. The first-order chi connectivity index (χ1) is 10.2. The van der Waals surface area contributed by atoms with Gasteiger partial charge in [0, 0.05) is 18.1 Å². The van der Waals surface area contributed by atoms with Gasteiger partial charge in [0.2, 0.25) is 15.9 Å². The maximum absolute atomic E-state index is 12.6. The molecule has 1 N–H and O–H groups in total. The van der Waals surface area contributed by atoms with Crippen molar-refractivity contribution >= 4 is 27.5 Å². The summed E-state index contributed by atoms with van der Waals surface area (Å²) in [7, 11) is -2.54. The van der Waals surface area contributed by atoms with Gasteiger partial charge in [-0.05, 0) is 39.0 Å². The minimum absolute atomic E-state index is 0.0540. The van der Waals surface area contributed by atoms with Crippen LogP contribution in [0.3, 0.4) is 0 Å². The van der Waals surface area contributed by atoms with Gasteiger partial charge in [0.1, 0.15) is 10.6 Å². The SMILES string of the molecule is CCOc1ccc(Cl)cc1S(=O)(=O)N(C)CC(=O)NC(C)C. The van der Waals surface area contributed by atoms with Crippen LogP contribution in [0.25, 0.3) is 0 Å². The van der Waals surface area contributed by atoms with Gasteiger partial charge < -0.3 is 10.1 Å². The van der Waals surface area contributed by atoms with Crippen LogP contribution in [0.15, 0.2) is 23.1 Å². The predicted octanol–water partition coefficient (Wildman–Crippen LogP) is 1.88. The summed E-state index contributed by atoms with van der Waals surface area (Å²) in [6.07, 6.45) is 0. The van der Waals surface area contributed by atoms with E-state index in [9.17, 15) is 13.2 Å². The lowest BCUT2D eigenvalue weighted by Crippen LogP contribution is -2.40. The van der Waals surface area contributed by atoms with Gasteiger partial charge >= 0.3 is 0 Å². The van der Waals surface area contributed by atoms with Gasteiger partial charge in [0.15, 0.2) is 0 Å². The number of halogens is 1. The van der Waals surface area contributed by atoms with Crippen molar-refractivity contribution in [3.05, 3.63) is 23.2 Å². The smallest absolute Gasteiger partial charge is 0.247 e. The molecule has 6 nitrogen and oxygen atoms in total. The zero-order valence-corrected chi connectivity index (χ0v) is 14.7. The van der Waals surface area contributed by atoms with Crippen molar-refractivity contribution in [3.63, 3.8) is 0 Å². The average Bonchev–Trinajstić information content (AvgIpc) is 2.39. The highest BCUT2D eigenvalue weighted by Crippen LogP contribution is 2.29. The summed E-state index contributed by atoms with van der Waals surface area (Å²) in [6.45, 7) is 5.40. The van der Waals surface area contributed by atoms with Crippen molar-refractivity contribution in [1.82, 2.24) is 9.62 Å². The number of carbonyl (C=O) groups excluding carboxylic acids is 1. The normalized spacial score (nSPS) is 11.8. The Morgan fingerprint density at radius 2 is 2.05 bits per heavy atom. The highest BCUT2D eigenvalue weighted by Gasteiger charge is 2.27. The molecule has 0 aliphatic rings. The Bertz CT molecular complexity index is 632. The quantitative estimate of drug-likeness (QED) is 0.816. The molecule has 0 bridgehead atoms. The molecule has 0 unspecified atom stereocenters. The molecule has 1 aromatic rings. The molecular weight excluding hydrogens is 328 g/mol. The first-order valence-electron chi connectivity index (χ1n) is 6.86. The van der Waals surface area contributed by atoms with E-state index in [1.54, 1.807) is 26.8 Å². The Kier molecular flexibility index (Phi) is 6.65. The number of rotatable bonds is 7. The van der Waals surface area contributed by atoms with Crippen molar-refractivity contribution in [3.8, 4) is 5.75 Å². The third-order valence-electron chi connectivity index (χ3n) is 2.71. The van der Waals surface area contributed by atoms with Crippen molar-refractivity contribution < 1.29 is 17.9 Å². The van der Waals surface area contributed by atoms with Gasteiger partial charge in [-0.25, -0.2) is 8.42 Å². The lowest BCUT2D eigenvalue weighted by Gasteiger charge is -2.19. The van der Waals surface area contributed by atoms with Gasteiger partial charge in [0.25, 0.3) is 0 Å². The number of carbonyl (C=O) groups is 1. The second-order valence-corrected chi connectivity index (χ2v) is 7.46. The summed E-state index contributed by atoms with van der Waals surface area (Å²) < 4.78 is 31.5. The van der Waals surface area contributed by atoms with E-state index in [4.69, 9.17) is 16.3 Å². The van der Waals surface area contributed by atoms with Crippen LogP contribution < -0.4 is 10.1 Å². The van der Waals surface area contributed by atoms with Gasteiger partial charge in [-0.1, -0.05) is 11.6 Å². The van der Waals surface area contributed by atoms with Gasteiger partial charge in [-0.3, -0.25) is 4.79 Å². The number of hydrogen-bond acceptors (Lipinski definition) is 4. The summed E-state index contributed by atoms with van der Waals surface area (Å²) in [5, 5.41) is 2.93. The molecule has 1 rings (SSSR count). The summed E-state index contributed by atoms with van der Waals surface area (Å²) >= 11 is 5.88. The third-order valence-corrected chi connectivity index (χ3v) is 4.77. The van der Waals surface area contributed by atoms with Crippen molar-refractivity contribution in [1.29, 1.82) is 0 Å². The van der Waals surface area contributed by atoms with Crippen molar-refractivity contribution in [2.24, 2.45) is 0 Å². The summed E-state index contributed by atoms with van der Waals surface area (Å²) in [5.74, 6) is -0.163. The molecule has 0 aliphatic carbocycles. The molecule has 0 fully saturated rings. The van der Waals surface area contributed by atoms with Crippen LogP contribution >= 0.6 is 11.6 Å². The summed E-state index contributed by atoms with van der Waals surface area (Å²) in [4.78, 5) is 11.7. The van der Waals surface area contributed by atoms with E-state index in [1.165, 1.54) is 19.2 Å². The maximum Gasteiger partial charge on any atom is 0.247 e. The standard InChI is InChI=1S/C14H21ClN2O4S/c1-5-21-12-7-6-11(15)8-13(12)22(19,20)17(4)9-14(18)16-10(2)3/h6-8,10H,5,9H2,1-4H3,(H,16,18). The Hall–Kier alpha value is -1.31. The average molecular weight is 349 g/mol. The minimum atomic E-state index is -3.88. The monoisotopic (exact) mass is 348 g/mol. The zero-order valence-electron chi connectivity index (χ0n) is 13.1. The topological polar surface area (TPSA) is 75.7 Å². The van der Waals surface area contributed by atoms with Crippen LogP contribution in [-0.4, -0.2) is 44.9 Å². The Morgan fingerprint density at radius 3 is 2.59 bits per heavy atom. The third kappa shape index (κ3) is 4.86. The number of benzene rings is 1. The molecular formula is C14H21ClN2O4S. The number of ether oxygens (including phenoxy) is 1. The Balaban J connectivity index is 3.07. The van der Waals surface area contributed by atoms with Crippen LogP contribution in [0.1, 0.15) is 20.8 Å². The van der Waals surface area contributed by atoms with Gasteiger partial charge in [-0.2, -0.15) is 4.31 Å². The van der Waals surface area contributed by atoms with E-state index in [1.807, 2.05) is 0 Å². The van der Waals surface area contributed by atoms with Crippen LogP contribution in [0.4, 0.5) is 0 Å². The van der Waals surface area contributed by atoms with Crippen LogP contribution in [0.5, 0.6) is 5.75 Å². The number of hydrogen-bond donors (Lipinski definition) is 1. The highest BCUT2D eigenvalue weighted by atomic mass is 35.5. The number of amides is 1.